The van der Waals surface area contributed by atoms with Crippen molar-refractivity contribution >= 4 is 5.97 Å². The molecular formula is C12H14O3. The average Bonchev–Trinajstić information content (AvgIpc) is 2.68. The predicted molar refractivity (Wildman–Crippen MR) is 56.1 cm³/mol. The summed E-state index contributed by atoms with van der Waals surface area (Å²) < 4.78 is 4.97. The second kappa shape index (κ2) is 3.93. The standard InChI is InChI=1S/C12H14O3/c1-2-15-12(14)10-6-7-11(13)9-5-3-4-8(9)10/h6-7,13H,2-5H2,1H3. The number of phenols is 1. The number of aromatic hydroxyl groups is 1. The zero-order chi connectivity index (χ0) is 10.8. The molecule has 1 aliphatic rings. The van der Waals surface area contributed by atoms with Gasteiger partial charge in [0, 0.05) is 0 Å². The highest BCUT2D eigenvalue weighted by Crippen LogP contribution is 2.32. The lowest BCUT2D eigenvalue weighted by atomic mass is 10.0. The van der Waals surface area contributed by atoms with E-state index in [1.807, 2.05) is 0 Å². The molecule has 1 aromatic carbocycles. The van der Waals surface area contributed by atoms with Crippen LogP contribution in [0.25, 0.3) is 0 Å². The van der Waals surface area contributed by atoms with Crippen LogP contribution in [0.4, 0.5) is 0 Å². The van der Waals surface area contributed by atoms with Gasteiger partial charge in [0.1, 0.15) is 5.75 Å². The molecular weight excluding hydrogens is 192 g/mol. The van der Waals surface area contributed by atoms with Gasteiger partial charge >= 0.3 is 5.97 Å². The molecule has 0 aromatic heterocycles. The van der Waals surface area contributed by atoms with Gasteiger partial charge < -0.3 is 9.84 Å². The molecule has 0 amide bonds. The second-order valence-electron chi connectivity index (χ2n) is 3.66. The molecule has 0 saturated heterocycles. The average molecular weight is 206 g/mol. The first kappa shape index (κ1) is 10.0. The Balaban J connectivity index is 2.41. The molecule has 3 nitrogen and oxygen atoms in total. The highest BCUT2D eigenvalue weighted by molar-refractivity contribution is 5.92. The quantitative estimate of drug-likeness (QED) is 0.753. The summed E-state index contributed by atoms with van der Waals surface area (Å²) in [6.07, 6.45) is 2.71. The molecule has 0 spiro atoms. The summed E-state index contributed by atoms with van der Waals surface area (Å²) in [4.78, 5) is 11.6. The van der Waals surface area contributed by atoms with Crippen LogP contribution in [-0.2, 0) is 17.6 Å². The lowest BCUT2D eigenvalue weighted by Crippen LogP contribution is -2.07. The van der Waals surface area contributed by atoms with Crippen molar-refractivity contribution in [1.82, 2.24) is 0 Å². The van der Waals surface area contributed by atoms with Crippen LogP contribution < -0.4 is 0 Å². The maximum Gasteiger partial charge on any atom is 0.338 e. The van der Waals surface area contributed by atoms with Gasteiger partial charge in [-0.2, -0.15) is 0 Å². The van der Waals surface area contributed by atoms with E-state index in [4.69, 9.17) is 4.74 Å². The van der Waals surface area contributed by atoms with Gasteiger partial charge in [-0.05, 0) is 49.4 Å². The van der Waals surface area contributed by atoms with Crippen molar-refractivity contribution in [3.8, 4) is 5.75 Å². The van der Waals surface area contributed by atoms with E-state index in [0.29, 0.717) is 17.9 Å². The van der Waals surface area contributed by atoms with Gasteiger partial charge in [0.05, 0.1) is 12.2 Å². The van der Waals surface area contributed by atoms with Crippen LogP contribution in [0.2, 0.25) is 0 Å². The van der Waals surface area contributed by atoms with Crippen LogP contribution >= 0.6 is 0 Å². The number of rotatable bonds is 2. The number of esters is 1. The van der Waals surface area contributed by atoms with Crippen LogP contribution in [0.5, 0.6) is 5.75 Å². The number of ether oxygens (including phenoxy) is 1. The van der Waals surface area contributed by atoms with Gasteiger partial charge in [0.25, 0.3) is 0 Å². The van der Waals surface area contributed by atoms with E-state index in [9.17, 15) is 9.90 Å². The van der Waals surface area contributed by atoms with Crippen LogP contribution in [0.1, 0.15) is 34.8 Å². The number of carbonyl (C=O) groups excluding carboxylic acids is 1. The van der Waals surface area contributed by atoms with E-state index in [-0.39, 0.29) is 5.97 Å². The van der Waals surface area contributed by atoms with Crippen molar-refractivity contribution in [2.45, 2.75) is 26.2 Å². The van der Waals surface area contributed by atoms with E-state index in [0.717, 1.165) is 30.4 Å². The summed E-state index contributed by atoms with van der Waals surface area (Å²) >= 11 is 0. The summed E-state index contributed by atoms with van der Waals surface area (Å²) in [7, 11) is 0. The molecule has 15 heavy (non-hydrogen) atoms. The molecule has 0 radical (unpaired) electrons. The van der Waals surface area contributed by atoms with E-state index in [1.165, 1.54) is 0 Å². The molecule has 0 unspecified atom stereocenters. The minimum atomic E-state index is -0.282. The fourth-order valence-corrected chi connectivity index (χ4v) is 2.09. The number of hydrogen-bond donors (Lipinski definition) is 1. The lowest BCUT2D eigenvalue weighted by Gasteiger charge is -2.08. The summed E-state index contributed by atoms with van der Waals surface area (Å²) in [5.41, 5.74) is 2.50. The number of benzene rings is 1. The van der Waals surface area contributed by atoms with Crippen molar-refractivity contribution in [2.75, 3.05) is 6.61 Å². The third-order valence-corrected chi connectivity index (χ3v) is 2.76. The molecule has 80 valence electrons. The van der Waals surface area contributed by atoms with Gasteiger partial charge in [-0.1, -0.05) is 0 Å². The summed E-state index contributed by atoms with van der Waals surface area (Å²) in [6, 6.07) is 3.23. The van der Waals surface area contributed by atoms with Crippen LogP contribution in [0, 0.1) is 0 Å². The Morgan fingerprint density at radius 3 is 2.87 bits per heavy atom. The van der Waals surface area contributed by atoms with Crippen molar-refractivity contribution < 1.29 is 14.6 Å². The number of fused-ring (bicyclic) bond motifs is 1. The SMILES string of the molecule is CCOC(=O)c1ccc(O)c2c1CCC2. The zero-order valence-corrected chi connectivity index (χ0v) is 8.75. The van der Waals surface area contributed by atoms with Crippen LogP contribution in [0.3, 0.4) is 0 Å². The van der Waals surface area contributed by atoms with E-state index in [1.54, 1.807) is 19.1 Å². The first-order chi connectivity index (χ1) is 7.24. The normalized spacial score (nSPS) is 13.7. The maximum atomic E-state index is 11.6. The van der Waals surface area contributed by atoms with Crippen molar-refractivity contribution in [3.63, 3.8) is 0 Å². The molecule has 1 aliphatic carbocycles. The van der Waals surface area contributed by atoms with Gasteiger partial charge in [0.15, 0.2) is 0 Å². The summed E-state index contributed by atoms with van der Waals surface area (Å²) in [5.74, 6) is 0.0196. The van der Waals surface area contributed by atoms with Crippen LogP contribution in [-0.4, -0.2) is 17.7 Å². The number of phenolic OH excluding ortho intramolecular Hbond substituents is 1. The van der Waals surface area contributed by atoms with Gasteiger partial charge in [-0.3, -0.25) is 0 Å². The minimum Gasteiger partial charge on any atom is -0.508 e. The molecule has 1 N–H and O–H groups in total. The van der Waals surface area contributed by atoms with Crippen molar-refractivity contribution in [2.24, 2.45) is 0 Å². The number of carbonyl (C=O) groups is 1. The molecule has 1 aromatic rings. The minimum absolute atomic E-state index is 0.282. The topological polar surface area (TPSA) is 46.5 Å². The monoisotopic (exact) mass is 206 g/mol. The van der Waals surface area contributed by atoms with E-state index >= 15 is 0 Å². The molecule has 0 fully saturated rings. The van der Waals surface area contributed by atoms with E-state index in [2.05, 4.69) is 0 Å². The molecule has 2 rings (SSSR count). The first-order valence-electron chi connectivity index (χ1n) is 5.25. The van der Waals surface area contributed by atoms with Crippen LogP contribution in [0.15, 0.2) is 12.1 Å². The van der Waals surface area contributed by atoms with Crippen molar-refractivity contribution in [1.29, 1.82) is 0 Å². The van der Waals surface area contributed by atoms with E-state index < -0.39 is 0 Å². The third-order valence-electron chi connectivity index (χ3n) is 2.76. The Hall–Kier alpha value is -1.51. The molecule has 0 atom stereocenters. The largest absolute Gasteiger partial charge is 0.508 e. The Bertz CT molecular complexity index is 396. The molecule has 3 heteroatoms. The molecule has 0 heterocycles. The highest BCUT2D eigenvalue weighted by atomic mass is 16.5. The highest BCUT2D eigenvalue weighted by Gasteiger charge is 2.22. The smallest absolute Gasteiger partial charge is 0.338 e. The Labute approximate surface area is 88.7 Å². The van der Waals surface area contributed by atoms with Gasteiger partial charge in [-0.25, -0.2) is 4.79 Å². The fourth-order valence-electron chi connectivity index (χ4n) is 2.09. The third kappa shape index (κ3) is 1.69. The summed E-state index contributed by atoms with van der Waals surface area (Å²) in [5, 5.41) is 9.62. The Morgan fingerprint density at radius 1 is 1.40 bits per heavy atom. The number of hydrogen-bond acceptors (Lipinski definition) is 3. The summed E-state index contributed by atoms with van der Waals surface area (Å²) in [6.45, 7) is 2.17. The lowest BCUT2D eigenvalue weighted by molar-refractivity contribution is 0.0525. The fraction of sp³-hybridized carbons (Fsp3) is 0.417. The first-order valence-corrected chi connectivity index (χ1v) is 5.25. The second-order valence-corrected chi connectivity index (χ2v) is 3.66. The zero-order valence-electron chi connectivity index (χ0n) is 8.75. The predicted octanol–water partition coefficient (Wildman–Crippen LogP) is 2.06. The Kier molecular flexibility index (Phi) is 2.62. The van der Waals surface area contributed by atoms with Gasteiger partial charge in [-0.15, -0.1) is 0 Å². The van der Waals surface area contributed by atoms with Gasteiger partial charge in [0.2, 0.25) is 0 Å². The maximum absolute atomic E-state index is 11.6. The Morgan fingerprint density at radius 2 is 2.13 bits per heavy atom. The molecule has 0 saturated carbocycles. The van der Waals surface area contributed by atoms with Crippen molar-refractivity contribution in [3.05, 3.63) is 28.8 Å². The molecule has 0 aliphatic heterocycles. The molecule has 0 bridgehead atoms.